The normalized spacial score (nSPS) is 37.4. The fraction of sp³-hybridized carbons (Fsp3) is 0.750. The van der Waals surface area contributed by atoms with Gasteiger partial charge in [0.05, 0.1) is 6.61 Å². The molecule has 0 spiro atoms. The van der Waals surface area contributed by atoms with E-state index in [4.69, 9.17) is 15.9 Å². The van der Waals surface area contributed by atoms with Crippen molar-refractivity contribution in [1.82, 2.24) is 0 Å². The van der Waals surface area contributed by atoms with E-state index in [1.165, 1.54) is 0 Å². The molecule has 1 aliphatic heterocycles. The lowest BCUT2D eigenvalue weighted by molar-refractivity contribution is -0.146. The summed E-state index contributed by atoms with van der Waals surface area (Å²) in [5.41, 5.74) is -0.524. The zero-order chi connectivity index (χ0) is 7.83. The molecule has 0 N–H and O–H groups in total. The second-order valence-electron chi connectivity index (χ2n) is 3.17. The van der Waals surface area contributed by atoms with Crippen LogP contribution >= 0.6 is 0 Å². The van der Waals surface area contributed by atoms with E-state index in [9.17, 15) is 0 Å². The molecule has 0 aliphatic carbocycles. The van der Waals surface area contributed by atoms with E-state index in [1.807, 2.05) is 20.8 Å². The maximum Gasteiger partial charge on any atom is 0.165 e. The van der Waals surface area contributed by atoms with E-state index in [0.29, 0.717) is 6.61 Å². The molecule has 0 saturated carbocycles. The Labute approximate surface area is 61.5 Å². The number of hydrogen-bond acceptors (Lipinski definition) is 2. The van der Waals surface area contributed by atoms with E-state index in [-0.39, 0.29) is 0 Å². The minimum absolute atomic E-state index is 0.483. The highest BCUT2D eigenvalue weighted by molar-refractivity contribution is 5.08. The zero-order valence-corrected chi connectivity index (χ0v) is 6.60. The minimum Gasteiger partial charge on any atom is -0.346 e. The van der Waals surface area contributed by atoms with Gasteiger partial charge in [0.15, 0.2) is 11.4 Å². The van der Waals surface area contributed by atoms with Crippen molar-refractivity contribution in [3.63, 3.8) is 0 Å². The molecule has 2 heteroatoms. The molecule has 0 amide bonds. The summed E-state index contributed by atoms with van der Waals surface area (Å²) in [7, 11) is 0. The Morgan fingerprint density at radius 2 is 2.00 bits per heavy atom. The zero-order valence-electron chi connectivity index (χ0n) is 6.60. The third-order valence-electron chi connectivity index (χ3n) is 1.47. The summed E-state index contributed by atoms with van der Waals surface area (Å²) in [6.45, 7) is 6.05. The van der Waals surface area contributed by atoms with Gasteiger partial charge in [-0.2, -0.15) is 0 Å². The summed E-state index contributed by atoms with van der Waals surface area (Å²) in [5.74, 6) is 2.04. The second kappa shape index (κ2) is 1.98. The SMILES string of the molecule is C#C[C@@]1(C)COC(C)(C)O1. The molecular weight excluding hydrogens is 128 g/mol. The fourth-order valence-corrected chi connectivity index (χ4v) is 0.984. The van der Waals surface area contributed by atoms with E-state index < -0.39 is 11.4 Å². The van der Waals surface area contributed by atoms with E-state index in [0.717, 1.165) is 0 Å². The monoisotopic (exact) mass is 140 g/mol. The van der Waals surface area contributed by atoms with Gasteiger partial charge in [0.25, 0.3) is 0 Å². The Bertz CT molecular complexity index is 178. The van der Waals surface area contributed by atoms with Crippen LogP contribution in [0.5, 0.6) is 0 Å². The minimum atomic E-state index is -0.524. The molecule has 56 valence electrons. The van der Waals surface area contributed by atoms with Crippen molar-refractivity contribution < 1.29 is 9.47 Å². The largest absolute Gasteiger partial charge is 0.346 e. The van der Waals surface area contributed by atoms with Gasteiger partial charge < -0.3 is 9.47 Å². The van der Waals surface area contributed by atoms with Gasteiger partial charge in [-0.05, 0) is 20.8 Å². The van der Waals surface area contributed by atoms with Crippen molar-refractivity contribution in [1.29, 1.82) is 0 Å². The van der Waals surface area contributed by atoms with Crippen molar-refractivity contribution in [3.05, 3.63) is 0 Å². The first kappa shape index (κ1) is 7.59. The van der Waals surface area contributed by atoms with Crippen molar-refractivity contribution in [2.75, 3.05) is 6.61 Å². The van der Waals surface area contributed by atoms with Crippen LogP contribution in [0.3, 0.4) is 0 Å². The molecule has 10 heavy (non-hydrogen) atoms. The topological polar surface area (TPSA) is 18.5 Å². The van der Waals surface area contributed by atoms with Gasteiger partial charge >= 0.3 is 0 Å². The van der Waals surface area contributed by atoms with E-state index in [1.54, 1.807) is 0 Å². The predicted molar refractivity (Wildman–Crippen MR) is 38.4 cm³/mol. The van der Waals surface area contributed by atoms with Crippen LogP contribution in [0, 0.1) is 12.3 Å². The molecule has 1 fully saturated rings. The van der Waals surface area contributed by atoms with Gasteiger partial charge in [0.2, 0.25) is 0 Å². The quantitative estimate of drug-likeness (QED) is 0.470. The third-order valence-corrected chi connectivity index (χ3v) is 1.47. The molecule has 1 heterocycles. The molecule has 0 aromatic heterocycles. The van der Waals surface area contributed by atoms with Crippen molar-refractivity contribution >= 4 is 0 Å². The molecule has 0 aromatic carbocycles. The first-order valence-corrected chi connectivity index (χ1v) is 3.29. The number of hydrogen-bond donors (Lipinski definition) is 0. The summed E-state index contributed by atoms with van der Waals surface area (Å²) in [6.07, 6.45) is 5.23. The summed E-state index contributed by atoms with van der Waals surface area (Å²) in [5, 5.41) is 0. The molecular formula is C8H12O2. The summed E-state index contributed by atoms with van der Waals surface area (Å²) < 4.78 is 10.7. The predicted octanol–water partition coefficient (Wildman–Crippen LogP) is 1.16. The van der Waals surface area contributed by atoms with Crippen molar-refractivity contribution in [3.8, 4) is 12.3 Å². The van der Waals surface area contributed by atoms with Gasteiger partial charge in [0, 0.05) is 0 Å². The van der Waals surface area contributed by atoms with Crippen LogP contribution in [0.1, 0.15) is 20.8 Å². The molecule has 1 rings (SSSR count). The van der Waals surface area contributed by atoms with Gasteiger partial charge in [-0.25, -0.2) is 0 Å². The Morgan fingerprint density at radius 1 is 1.40 bits per heavy atom. The highest BCUT2D eigenvalue weighted by atomic mass is 16.7. The highest BCUT2D eigenvalue weighted by Crippen LogP contribution is 2.29. The van der Waals surface area contributed by atoms with Crippen LogP contribution in [-0.4, -0.2) is 18.0 Å². The summed E-state index contributed by atoms with van der Waals surface area (Å²) in [4.78, 5) is 0. The lowest BCUT2D eigenvalue weighted by Crippen LogP contribution is -2.28. The lowest BCUT2D eigenvalue weighted by Gasteiger charge is -2.19. The Hall–Kier alpha value is -0.520. The van der Waals surface area contributed by atoms with Gasteiger partial charge in [-0.1, -0.05) is 5.92 Å². The lowest BCUT2D eigenvalue weighted by atomic mass is 10.1. The fourth-order valence-electron chi connectivity index (χ4n) is 0.984. The van der Waals surface area contributed by atoms with Gasteiger partial charge in [0.1, 0.15) is 0 Å². The summed E-state index contributed by atoms with van der Waals surface area (Å²) in [6, 6.07) is 0. The first-order valence-electron chi connectivity index (χ1n) is 3.29. The molecule has 0 aromatic rings. The average Bonchev–Trinajstić information content (AvgIpc) is 2.08. The van der Waals surface area contributed by atoms with Crippen molar-refractivity contribution in [2.45, 2.75) is 32.2 Å². The van der Waals surface area contributed by atoms with Crippen molar-refractivity contribution in [2.24, 2.45) is 0 Å². The van der Waals surface area contributed by atoms with Crippen LogP contribution in [0.2, 0.25) is 0 Å². The Morgan fingerprint density at radius 3 is 2.20 bits per heavy atom. The van der Waals surface area contributed by atoms with Crippen LogP contribution in [-0.2, 0) is 9.47 Å². The van der Waals surface area contributed by atoms with Gasteiger partial charge in [-0.15, -0.1) is 6.42 Å². The molecule has 2 nitrogen and oxygen atoms in total. The molecule has 1 saturated heterocycles. The molecule has 0 unspecified atom stereocenters. The maximum absolute atomic E-state index is 5.43. The molecule has 1 aliphatic rings. The van der Waals surface area contributed by atoms with Crippen LogP contribution in [0.15, 0.2) is 0 Å². The maximum atomic E-state index is 5.43. The van der Waals surface area contributed by atoms with Crippen LogP contribution < -0.4 is 0 Å². The van der Waals surface area contributed by atoms with Gasteiger partial charge in [-0.3, -0.25) is 0 Å². The highest BCUT2D eigenvalue weighted by Gasteiger charge is 2.40. The standard InChI is InChI=1S/C8H12O2/c1-5-8(4)6-9-7(2,3)10-8/h1H,6H2,2-4H3/t8-/m0/s1. The third kappa shape index (κ3) is 1.31. The van der Waals surface area contributed by atoms with E-state index in [2.05, 4.69) is 5.92 Å². The first-order chi connectivity index (χ1) is 4.47. The average molecular weight is 140 g/mol. The number of ether oxygens (including phenoxy) is 2. The molecule has 0 bridgehead atoms. The Balaban J connectivity index is 2.69. The van der Waals surface area contributed by atoms with Crippen LogP contribution in [0.4, 0.5) is 0 Å². The van der Waals surface area contributed by atoms with Crippen LogP contribution in [0.25, 0.3) is 0 Å². The molecule has 1 atom stereocenters. The number of terminal acetylenes is 1. The van der Waals surface area contributed by atoms with E-state index >= 15 is 0 Å². The summed E-state index contributed by atoms with van der Waals surface area (Å²) >= 11 is 0. The smallest absolute Gasteiger partial charge is 0.165 e. The second-order valence-corrected chi connectivity index (χ2v) is 3.17. The molecule has 0 radical (unpaired) electrons. The Kier molecular flexibility index (Phi) is 1.50. The number of rotatable bonds is 0.